The van der Waals surface area contributed by atoms with Gasteiger partial charge in [0.1, 0.15) is 5.03 Å². The Labute approximate surface area is 118 Å². The fourth-order valence-electron chi connectivity index (χ4n) is 1.69. The fraction of sp³-hybridized carbons (Fsp3) is 0.154. The summed E-state index contributed by atoms with van der Waals surface area (Å²) in [4.78, 5) is 14.1. The van der Waals surface area contributed by atoms with Gasteiger partial charge in [-0.25, -0.2) is 4.98 Å². The number of pyridine rings is 1. The highest BCUT2D eigenvalue weighted by Gasteiger charge is 2.10. The van der Waals surface area contributed by atoms with Crippen molar-refractivity contribution in [3.8, 4) is 0 Å². The highest BCUT2D eigenvalue weighted by atomic mass is 32.2. The van der Waals surface area contributed by atoms with E-state index in [1.807, 2.05) is 0 Å². The smallest absolute Gasteiger partial charge is 0.269 e. The normalized spacial score (nSPS) is 12.0. The van der Waals surface area contributed by atoms with E-state index in [9.17, 15) is 14.3 Å². The van der Waals surface area contributed by atoms with E-state index in [2.05, 4.69) is 4.98 Å². The van der Waals surface area contributed by atoms with Crippen molar-refractivity contribution >= 4 is 22.2 Å². The Morgan fingerprint density at radius 1 is 1.25 bits per heavy atom. The van der Waals surface area contributed by atoms with Crippen molar-refractivity contribution in [2.45, 2.75) is 11.4 Å². The second-order valence-electron chi connectivity index (χ2n) is 4.12. The van der Waals surface area contributed by atoms with Crippen LogP contribution in [0, 0.1) is 10.1 Å². The molecule has 0 aliphatic rings. The lowest BCUT2D eigenvalue weighted by molar-refractivity contribution is -0.384. The Morgan fingerprint density at radius 3 is 2.55 bits per heavy atom. The molecule has 0 fully saturated rings. The fourth-order valence-corrected chi connectivity index (χ4v) is 2.81. The van der Waals surface area contributed by atoms with Gasteiger partial charge < -0.3 is 5.73 Å². The molecule has 104 valence electrons. The molecule has 20 heavy (non-hydrogen) atoms. The molecule has 1 heterocycles. The molecular weight excluding hydrogens is 278 g/mol. The van der Waals surface area contributed by atoms with Gasteiger partial charge in [0.05, 0.1) is 21.4 Å². The maximum atomic E-state index is 12.1. The summed E-state index contributed by atoms with van der Waals surface area (Å²) >= 11 is 0. The van der Waals surface area contributed by atoms with E-state index in [0.717, 1.165) is 5.56 Å². The minimum absolute atomic E-state index is 0.0452. The third-order valence-electron chi connectivity index (χ3n) is 2.74. The molecule has 1 unspecified atom stereocenters. The van der Waals surface area contributed by atoms with Crippen LogP contribution in [0.1, 0.15) is 5.56 Å². The topological polar surface area (TPSA) is 99.1 Å². The van der Waals surface area contributed by atoms with Gasteiger partial charge in [-0.1, -0.05) is 12.1 Å². The van der Waals surface area contributed by atoms with Gasteiger partial charge in [0.15, 0.2) is 0 Å². The molecule has 2 aromatic rings. The van der Waals surface area contributed by atoms with E-state index in [4.69, 9.17) is 5.73 Å². The summed E-state index contributed by atoms with van der Waals surface area (Å²) in [6.07, 6.45) is 2.09. The van der Waals surface area contributed by atoms with Crippen LogP contribution in [0.4, 0.5) is 11.4 Å². The molecule has 0 radical (unpaired) electrons. The third kappa shape index (κ3) is 3.39. The molecule has 0 saturated heterocycles. The van der Waals surface area contributed by atoms with Gasteiger partial charge in [-0.2, -0.15) is 0 Å². The Hall–Kier alpha value is -2.28. The van der Waals surface area contributed by atoms with E-state index >= 15 is 0 Å². The summed E-state index contributed by atoms with van der Waals surface area (Å²) in [5.74, 6) is 0.374. The van der Waals surface area contributed by atoms with Crippen molar-refractivity contribution in [3.05, 3.63) is 58.3 Å². The maximum Gasteiger partial charge on any atom is 0.269 e. The molecule has 0 amide bonds. The minimum Gasteiger partial charge on any atom is -0.396 e. The van der Waals surface area contributed by atoms with E-state index in [-0.39, 0.29) is 5.69 Å². The first kappa shape index (κ1) is 14.1. The molecule has 0 spiro atoms. The summed E-state index contributed by atoms with van der Waals surface area (Å²) < 4.78 is 12.1. The van der Waals surface area contributed by atoms with Gasteiger partial charge in [0.2, 0.25) is 0 Å². The number of aryl methyl sites for hydroxylation is 1. The van der Waals surface area contributed by atoms with Crippen LogP contribution < -0.4 is 5.73 Å². The molecule has 2 N–H and O–H groups in total. The Bertz CT molecular complexity index is 644. The molecule has 0 saturated carbocycles. The van der Waals surface area contributed by atoms with Gasteiger partial charge in [-0.05, 0) is 24.1 Å². The summed E-state index contributed by atoms with van der Waals surface area (Å²) in [5.41, 5.74) is 7.06. The van der Waals surface area contributed by atoms with Crippen molar-refractivity contribution in [1.82, 2.24) is 4.98 Å². The van der Waals surface area contributed by atoms with Crippen LogP contribution in [-0.2, 0) is 17.2 Å². The Kier molecular flexibility index (Phi) is 4.41. The lowest BCUT2D eigenvalue weighted by Crippen LogP contribution is -2.06. The van der Waals surface area contributed by atoms with Gasteiger partial charge in [0, 0.05) is 24.1 Å². The van der Waals surface area contributed by atoms with Crippen molar-refractivity contribution in [2.75, 3.05) is 11.5 Å². The average Bonchev–Trinajstić information content (AvgIpc) is 2.45. The molecule has 0 aliphatic heterocycles. The standard InChI is InChI=1S/C13H13N3O3S/c14-12-2-1-8-15-13(12)20(19)9-7-10-3-5-11(6-4-10)16(17)18/h1-6,8H,7,9,14H2. The highest BCUT2D eigenvalue weighted by molar-refractivity contribution is 7.85. The van der Waals surface area contributed by atoms with Crippen LogP contribution in [0.5, 0.6) is 0 Å². The first-order valence-electron chi connectivity index (χ1n) is 5.90. The number of nitro benzene ring substituents is 1. The number of nitrogen functional groups attached to an aromatic ring is 1. The number of rotatable bonds is 5. The van der Waals surface area contributed by atoms with Gasteiger partial charge in [-0.3, -0.25) is 14.3 Å². The molecule has 0 bridgehead atoms. The van der Waals surface area contributed by atoms with E-state index in [1.54, 1.807) is 30.5 Å². The number of non-ortho nitro benzene ring substituents is 1. The lowest BCUT2D eigenvalue weighted by Gasteiger charge is -2.04. The summed E-state index contributed by atoms with van der Waals surface area (Å²) in [6, 6.07) is 9.55. The Morgan fingerprint density at radius 2 is 1.95 bits per heavy atom. The molecular formula is C13H13N3O3S. The monoisotopic (exact) mass is 291 g/mol. The van der Waals surface area contributed by atoms with Gasteiger partial charge in [-0.15, -0.1) is 0 Å². The van der Waals surface area contributed by atoms with Gasteiger partial charge in [0.25, 0.3) is 5.69 Å². The largest absolute Gasteiger partial charge is 0.396 e. The number of aromatic nitrogens is 1. The third-order valence-corrected chi connectivity index (χ3v) is 4.09. The predicted octanol–water partition coefficient (Wildman–Crippen LogP) is 1.92. The van der Waals surface area contributed by atoms with Crippen LogP contribution in [0.2, 0.25) is 0 Å². The van der Waals surface area contributed by atoms with Crippen molar-refractivity contribution in [1.29, 1.82) is 0 Å². The number of benzene rings is 1. The molecule has 2 rings (SSSR count). The lowest BCUT2D eigenvalue weighted by atomic mass is 10.1. The average molecular weight is 291 g/mol. The molecule has 1 atom stereocenters. The number of nitrogens with two attached hydrogens (primary N) is 1. The zero-order valence-corrected chi connectivity index (χ0v) is 11.4. The SMILES string of the molecule is Nc1cccnc1S(=O)CCc1ccc([N+](=O)[O-])cc1. The predicted molar refractivity (Wildman–Crippen MR) is 76.7 cm³/mol. The van der Waals surface area contributed by atoms with Crippen LogP contribution in [0.25, 0.3) is 0 Å². The van der Waals surface area contributed by atoms with Crippen LogP contribution in [-0.4, -0.2) is 19.9 Å². The summed E-state index contributed by atoms with van der Waals surface area (Å²) in [5, 5.41) is 10.9. The Balaban J connectivity index is 2.00. The summed E-state index contributed by atoms with van der Waals surface area (Å²) in [7, 11) is -1.28. The summed E-state index contributed by atoms with van der Waals surface area (Å²) in [6.45, 7) is 0. The molecule has 0 aliphatic carbocycles. The second kappa shape index (κ2) is 6.25. The van der Waals surface area contributed by atoms with E-state index < -0.39 is 15.7 Å². The van der Waals surface area contributed by atoms with Crippen molar-refractivity contribution in [2.24, 2.45) is 0 Å². The maximum absolute atomic E-state index is 12.1. The van der Waals surface area contributed by atoms with Crippen molar-refractivity contribution in [3.63, 3.8) is 0 Å². The highest BCUT2D eigenvalue weighted by Crippen LogP contribution is 2.15. The molecule has 6 nitrogen and oxygen atoms in total. The van der Waals surface area contributed by atoms with E-state index in [0.29, 0.717) is 22.9 Å². The molecule has 7 heteroatoms. The number of nitro groups is 1. The number of hydrogen-bond donors (Lipinski definition) is 1. The number of nitrogens with zero attached hydrogens (tertiary/aromatic N) is 2. The van der Waals surface area contributed by atoms with Crippen LogP contribution in [0.15, 0.2) is 47.6 Å². The van der Waals surface area contributed by atoms with E-state index in [1.165, 1.54) is 12.1 Å². The number of hydrogen-bond acceptors (Lipinski definition) is 5. The van der Waals surface area contributed by atoms with Crippen molar-refractivity contribution < 1.29 is 9.13 Å². The zero-order valence-electron chi connectivity index (χ0n) is 10.6. The number of anilines is 1. The quantitative estimate of drug-likeness (QED) is 0.670. The van der Waals surface area contributed by atoms with Gasteiger partial charge >= 0.3 is 0 Å². The second-order valence-corrected chi connectivity index (χ2v) is 5.61. The minimum atomic E-state index is -1.28. The molecule has 1 aromatic heterocycles. The zero-order chi connectivity index (χ0) is 14.5. The first-order chi connectivity index (χ1) is 9.58. The van der Waals surface area contributed by atoms with Crippen LogP contribution in [0.3, 0.4) is 0 Å². The first-order valence-corrected chi connectivity index (χ1v) is 7.22. The molecule has 1 aromatic carbocycles. The van der Waals surface area contributed by atoms with Crippen LogP contribution >= 0.6 is 0 Å².